The number of rotatable bonds is 5. The summed E-state index contributed by atoms with van der Waals surface area (Å²) >= 11 is 11.8. The van der Waals surface area contributed by atoms with Gasteiger partial charge in [-0.05, 0) is 17.7 Å². The summed E-state index contributed by atoms with van der Waals surface area (Å²) in [5.74, 6) is -3.05. The average molecular weight is 417 g/mol. The Morgan fingerprint density at radius 2 is 1.92 bits per heavy atom. The van der Waals surface area contributed by atoms with Crippen LogP contribution < -0.4 is 5.73 Å². The maximum Gasteiger partial charge on any atom is 0.313 e. The van der Waals surface area contributed by atoms with E-state index in [1.807, 2.05) is 0 Å². The summed E-state index contributed by atoms with van der Waals surface area (Å²) in [6.07, 6.45) is -2.52. The first-order valence-corrected chi connectivity index (χ1v) is 9.25. The van der Waals surface area contributed by atoms with E-state index >= 15 is 0 Å². The summed E-state index contributed by atoms with van der Waals surface area (Å²) in [5.41, 5.74) is 2.22. The average Bonchev–Trinajstić information content (AvgIpc) is 2.85. The fraction of sp³-hybridized carbons (Fsp3) is 0.118. The number of ether oxygens (including phenoxy) is 1. The lowest BCUT2D eigenvalue weighted by Gasteiger charge is -2.12. The molecule has 1 aliphatic rings. The van der Waals surface area contributed by atoms with Crippen molar-refractivity contribution in [1.29, 1.82) is 0 Å². The number of hydrogen-bond donors (Lipinski definition) is 1. The number of carbonyl (C=O) groups excluding carboxylic acids is 1. The van der Waals surface area contributed by atoms with Gasteiger partial charge in [0.25, 0.3) is 0 Å². The van der Waals surface area contributed by atoms with Gasteiger partial charge in [-0.25, -0.2) is 0 Å². The summed E-state index contributed by atoms with van der Waals surface area (Å²) in [6.45, 7) is 0. The van der Waals surface area contributed by atoms with Gasteiger partial charge >= 0.3 is 10.1 Å². The Hall–Kier alpha value is -2.22. The highest BCUT2D eigenvalue weighted by molar-refractivity contribution is 7.86. The van der Waals surface area contributed by atoms with Crippen LogP contribution in [-0.4, -0.2) is 14.2 Å². The first-order chi connectivity index (χ1) is 13.4. The topological polar surface area (TPSA) is 95.7 Å². The normalized spacial score (nSPS) is 22.4. The molecule has 6 nitrogen and oxygen atoms in total. The molecule has 3 rings (SSSR count). The van der Waals surface area contributed by atoms with Gasteiger partial charge in [0.05, 0.1) is 4.11 Å². The molecule has 0 saturated carbocycles. The second-order valence-electron chi connectivity index (χ2n) is 5.08. The van der Waals surface area contributed by atoms with E-state index in [9.17, 15) is 13.2 Å². The molecule has 2 aromatic rings. The molecule has 0 bridgehead atoms. The number of carbonyl (C=O) groups is 1. The Morgan fingerprint density at radius 1 is 1.23 bits per heavy atom. The number of benzene rings is 2. The molecule has 0 saturated heterocycles. The van der Waals surface area contributed by atoms with Gasteiger partial charge in [-0.2, -0.15) is 8.42 Å². The van der Waals surface area contributed by atoms with Gasteiger partial charge in [0.15, 0.2) is 6.08 Å². The zero-order valence-corrected chi connectivity index (χ0v) is 15.2. The van der Waals surface area contributed by atoms with Crippen molar-refractivity contribution in [1.82, 2.24) is 0 Å². The van der Waals surface area contributed by atoms with Gasteiger partial charge in [0, 0.05) is 15.6 Å². The third kappa shape index (κ3) is 3.95. The molecule has 1 atom stereocenters. The molecule has 1 heterocycles. The molecule has 0 amide bonds. The standard InChI is InChI=1S/C17H13Cl2NO5S/c18-11-6-7-12(13(19)8-11)15-14(21)16(17(20)24-15)25-26(22,23)9-10-4-2-1-3-5-10/h1-8,15H,9,20H2/t15-/m0/s1/i9D2,15D. The lowest BCUT2D eigenvalue weighted by atomic mass is 10.1. The minimum absolute atomic E-state index is 0.0858. The predicted molar refractivity (Wildman–Crippen MR) is 96.7 cm³/mol. The van der Waals surface area contributed by atoms with E-state index in [4.69, 9.17) is 42.0 Å². The lowest BCUT2D eigenvalue weighted by Crippen LogP contribution is -2.16. The third-order valence-corrected chi connectivity index (χ3v) is 4.65. The zero-order valence-electron chi connectivity index (χ0n) is 15.9. The van der Waals surface area contributed by atoms with Crippen LogP contribution in [0.5, 0.6) is 0 Å². The summed E-state index contributed by atoms with van der Waals surface area (Å²) in [4.78, 5) is 12.8. The highest BCUT2D eigenvalue weighted by atomic mass is 35.5. The van der Waals surface area contributed by atoms with Crippen LogP contribution in [0.4, 0.5) is 0 Å². The minimum atomic E-state index is -5.05. The number of nitrogens with two attached hydrogens (primary N) is 1. The molecule has 2 aromatic carbocycles. The van der Waals surface area contributed by atoms with Crippen LogP contribution in [0.2, 0.25) is 10.0 Å². The molecule has 9 heteroatoms. The van der Waals surface area contributed by atoms with Crippen LogP contribution >= 0.6 is 23.2 Å². The summed E-state index contributed by atoms with van der Waals surface area (Å²) in [7, 11) is -5.05. The van der Waals surface area contributed by atoms with E-state index in [1.165, 1.54) is 42.5 Å². The van der Waals surface area contributed by atoms with E-state index < -0.39 is 39.3 Å². The van der Waals surface area contributed by atoms with Crippen LogP contribution in [0.15, 0.2) is 60.2 Å². The van der Waals surface area contributed by atoms with E-state index in [2.05, 4.69) is 0 Å². The Morgan fingerprint density at radius 3 is 2.58 bits per heavy atom. The van der Waals surface area contributed by atoms with Gasteiger partial charge < -0.3 is 14.7 Å². The van der Waals surface area contributed by atoms with E-state index in [-0.39, 0.29) is 21.2 Å². The Balaban J connectivity index is 1.96. The SMILES string of the molecule is [2H]C([2H])(c1ccccc1)S(=O)(=O)OC1=C(N)O[C@@]([2H])(c2ccc(Cl)cc2Cl)C1=O. The number of hydrogen-bond acceptors (Lipinski definition) is 6. The second-order valence-corrected chi connectivity index (χ2v) is 7.21. The molecule has 0 unspecified atom stereocenters. The van der Waals surface area contributed by atoms with Crippen LogP contribution in [0.25, 0.3) is 0 Å². The van der Waals surface area contributed by atoms with Gasteiger partial charge in [-0.3, -0.25) is 4.79 Å². The van der Waals surface area contributed by atoms with Gasteiger partial charge in [0.1, 0.15) is 5.70 Å². The van der Waals surface area contributed by atoms with Crippen LogP contribution in [-0.2, 0) is 29.5 Å². The molecule has 0 spiro atoms. The van der Waals surface area contributed by atoms with Crippen LogP contribution in [0, 0.1) is 0 Å². The monoisotopic (exact) mass is 416 g/mol. The molecule has 1 aliphatic heterocycles. The van der Waals surface area contributed by atoms with Gasteiger partial charge in [0.2, 0.25) is 17.4 Å². The number of halogens is 2. The molecule has 2 N–H and O–H groups in total. The van der Waals surface area contributed by atoms with Gasteiger partial charge in [-0.15, -0.1) is 0 Å². The van der Waals surface area contributed by atoms with Crippen molar-refractivity contribution in [3.05, 3.63) is 81.3 Å². The summed E-state index contributed by atoms with van der Waals surface area (Å²) in [6, 6.07) is 10.8. The van der Waals surface area contributed by atoms with Gasteiger partial charge in [-0.1, -0.05) is 59.6 Å². The molecule has 0 aromatic heterocycles. The lowest BCUT2D eigenvalue weighted by molar-refractivity contribution is -0.123. The van der Waals surface area contributed by atoms with Crippen molar-refractivity contribution in [2.24, 2.45) is 5.73 Å². The highest BCUT2D eigenvalue weighted by Gasteiger charge is 2.40. The fourth-order valence-electron chi connectivity index (χ4n) is 2.13. The maximum absolute atomic E-state index is 12.8. The minimum Gasteiger partial charge on any atom is -0.460 e. The molecular formula is C17H13Cl2NO5S. The maximum atomic E-state index is 12.8. The van der Waals surface area contributed by atoms with Crippen molar-refractivity contribution >= 4 is 39.1 Å². The molecule has 26 heavy (non-hydrogen) atoms. The number of Topliss-reactive ketones (excluding diaryl/α,β-unsaturated/α-hetero) is 1. The van der Waals surface area contributed by atoms with Crippen LogP contribution in [0.3, 0.4) is 0 Å². The highest BCUT2D eigenvalue weighted by Crippen LogP contribution is 2.36. The smallest absolute Gasteiger partial charge is 0.313 e. The Kier molecular flexibility index (Phi) is 4.12. The fourth-order valence-corrected chi connectivity index (χ4v) is 3.47. The van der Waals surface area contributed by atoms with Crippen molar-refractivity contribution in [3.63, 3.8) is 0 Å². The van der Waals surface area contributed by atoms with Crippen molar-refractivity contribution in [2.45, 2.75) is 11.8 Å². The Bertz CT molecular complexity index is 1130. The quantitative estimate of drug-likeness (QED) is 0.750. The number of ketones is 1. The third-order valence-electron chi connectivity index (χ3n) is 3.23. The second kappa shape index (κ2) is 7.19. The molecule has 0 radical (unpaired) electrons. The van der Waals surface area contributed by atoms with Crippen molar-refractivity contribution in [3.8, 4) is 0 Å². The van der Waals surface area contributed by atoms with E-state index in [0.717, 1.165) is 0 Å². The predicted octanol–water partition coefficient (Wildman–Crippen LogP) is 3.31. The zero-order chi connectivity index (χ0) is 21.6. The first kappa shape index (κ1) is 14.9. The van der Waals surface area contributed by atoms with Crippen LogP contribution in [0.1, 0.15) is 21.3 Å². The van der Waals surface area contributed by atoms with Crippen molar-refractivity contribution < 1.29 is 26.2 Å². The largest absolute Gasteiger partial charge is 0.460 e. The first-order valence-electron chi connectivity index (χ1n) is 8.59. The Labute approximate surface area is 164 Å². The van der Waals surface area contributed by atoms with Crippen molar-refractivity contribution in [2.75, 3.05) is 0 Å². The molecule has 136 valence electrons. The summed E-state index contributed by atoms with van der Waals surface area (Å²) in [5, 5.41) is 0.154. The summed E-state index contributed by atoms with van der Waals surface area (Å²) < 4.78 is 59.1. The molecular weight excluding hydrogens is 401 g/mol. The van der Waals surface area contributed by atoms with E-state index in [1.54, 1.807) is 6.07 Å². The molecule has 0 fully saturated rings. The molecule has 0 aliphatic carbocycles. The van der Waals surface area contributed by atoms with E-state index in [0.29, 0.717) is 0 Å².